The van der Waals surface area contributed by atoms with Crippen LogP contribution in [0.5, 0.6) is 0 Å². The number of rotatable bonds is 2. The van der Waals surface area contributed by atoms with E-state index in [4.69, 9.17) is 0 Å². The number of nitrogens with zero attached hydrogens (tertiary/aromatic N) is 2. The monoisotopic (exact) mass is 220 g/mol. The Morgan fingerprint density at radius 3 is 2.53 bits per heavy atom. The van der Waals surface area contributed by atoms with Gasteiger partial charge in [0.25, 0.3) is 0 Å². The lowest BCUT2D eigenvalue weighted by atomic mass is 10.3. The molecule has 0 spiro atoms. The van der Waals surface area contributed by atoms with E-state index in [-0.39, 0.29) is 0 Å². The predicted molar refractivity (Wildman–Crippen MR) is 60.7 cm³/mol. The molecule has 0 saturated carbocycles. The van der Waals surface area contributed by atoms with Crippen molar-refractivity contribution in [1.82, 2.24) is 9.97 Å². The van der Waals surface area contributed by atoms with Gasteiger partial charge >= 0.3 is 0 Å². The molecule has 2 heterocycles. The molecule has 3 nitrogen and oxygen atoms in total. The standard InChI is InChI=1S/C11H12N2OS/c1-7-10(8(2)14)15-11(13-7)9-3-5-12-6-4-9/h3-6,8,14H,1-2H3. The minimum absolute atomic E-state index is 0.446. The molecule has 2 aromatic heterocycles. The summed E-state index contributed by atoms with van der Waals surface area (Å²) in [6, 6.07) is 3.84. The van der Waals surface area contributed by atoms with Gasteiger partial charge in [0.05, 0.1) is 16.7 Å². The first-order valence-corrected chi connectivity index (χ1v) is 5.56. The van der Waals surface area contributed by atoms with Crippen molar-refractivity contribution in [1.29, 1.82) is 0 Å². The van der Waals surface area contributed by atoms with Gasteiger partial charge < -0.3 is 5.11 Å². The molecule has 1 N–H and O–H groups in total. The van der Waals surface area contributed by atoms with Gasteiger partial charge in [-0.3, -0.25) is 4.98 Å². The molecular formula is C11H12N2OS. The van der Waals surface area contributed by atoms with Crippen molar-refractivity contribution >= 4 is 11.3 Å². The minimum atomic E-state index is -0.446. The van der Waals surface area contributed by atoms with E-state index in [2.05, 4.69) is 9.97 Å². The molecule has 1 atom stereocenters. The molecule has 0 fully saturated rings. The van der Waals surface area contributed by atoms with Crippen LogP contribution in [0.25, 0.3) is 10.6 Å². The molecule has 0 amide bonds. The molecule has 1 unspecified atom stereocenters. The highest BCUT2D eigenvalue weighted by Gasteiger charge is 2.12. The molecule has 0 aliphatic carbocycles. The first-order chi connectivity index (χ1) is 7.18. The average Bonchev–Trinajstić information content (AvgIpc) is 2.62. The maximum Gasteiger partial charge on any atom is 0.124 e. The van der Waals surface area contributed by atoms with Crippen LogP contribution in [0, 0.1) is 6.92 Å². The summed E-state index contributed by atoms with van der Waals surface area (Å²) in [6.45, 7) is 3.68. The molecule has 0 aliphatic rings. The number of pyridine rings is 1. The van der Waals surface area contributed by atoms with Gasteiger partial charge in [-0.1, -0.05) is 0 Å². The molecule has 0 saturated heterocycles. The Labute approximate surface area is 92.5 Å². The van der Waals surface area contributed by atoms with E-state index in [1.54, 1.807) is 19.3 Å². The largest absolute Gasteiger partial charge is 0.388 e. The highest BCUT2D eigenvalue weighted by Crippen LogP contribution is 2.31. The molecule has 2 aromatic rings. The normalized spacial score (nSPS) is 12.7. The van der Waals surface area contributed by atoms with Crippen LogP contribution in [-0.4, -0.2) is 15.1 Å². The maximum absolute atomic E-state index is 9.52. The van der Waals surface area contributed by atoms with E-state index < -0.39 is 6.10 Å². The Kier molecular flexibility index (Phi) is 2.79. The lowest BCUT2D eigenvalue weighted by molar-refractivity contribution is 0.202. The second-order valence-electron chi connectivity index (χ2n) is 3.38. The van der Waals surface area contributed by atoms with Crippen molar-refractivity contribution in [2.24, 2.45) is 0 Å². The summed E-state index contributed by atoms with van der Waals surface area (Å²) in [6.07, 6.45) is 3.04. The summed E-state index contributed by atoms with van der Waals surface area (Å²) in [5.41, 5.74) is 1.95. The Bertz CT molecular complexity index is 451. The topological polar surface area (TPSA) is 46.0 Å². The first-order valence-electron chi connectivity index (χ1n) is 4.74. The molecule has 0 aromatic carbocycles. The van der Waals surface area contributed by atoms with Gasteiger partial charge in [-0.15, -0.1) is 11.3 Å². The summed E-state index contributed by atoms with van der Waals surface area (Å²) in [7, 11) is 0. The lowest BCUT2D eigenvalue weighted by Crippen LogP contribution is -1.88. The molecule has 15 heavy (non-hydrogen) atoms. The third kappa shape index (κ3) is 2.06. The van der Waals surface area contributed by atoms with E-state index in [0.717, 1.165) is 21.1 Å². The smallest absolute Gasteiger partial charge is 0.124 e. The second-order valence-corrected chi connectivity index (χ2v) is 4.41. The minimum Gasteiger partial charge on any atom is -0.388 e. The van der Waals surface area contributed by atoms with Gasteiger partial charge in [0.1, 0.15) is 5.01 Å². The Morgan fingerprint density at radius 1 is 1.33 bits per heavy atom. The van der Waals surface area contributed by atoms with Crippen LogP contribution in [-0.2, 0) is 0 Å². The van der Waals surface area contributed by atoms with Crippen molar-refractivity contribution in [3.8, 4) is 10.6 Å². The fourth-order valence-electron chi connectivity index (χ4n) is 1.41. The van der Waals surface area contributed by atoms with Gasteiger partial charge in [-0.05, 0) is 26.0 Å². The van der Waals surface area contributed by atoms with Crippen LogP contribution in [0.1, 0.15) is 23.6 Å². The van der Waals surface area contributed by atoms with E-state index >= 15 is 0 Å². The number of hydrogen-bond donors (Lipinski definition) is 1. The van der Waals surface area contributed by atoms with Crippen LogP contribution in [0.3, 0.4) is 0 Å². The third-order valence-electron chi connectivity index (χ3n) is 2.14. The first kappa shape index (κ1) is 10.3. The fourth-order valence-corrected chi connectivity index (χ4v) is 2.42. The Morgan fingerprint density at radius 2 is 2.00 bits per heavy atom. The Balaban J connectivity index is 2.43. The molecular weight excluding hydrogens is 208 g/mol. The van der Waals surface area contributed by atoms with Crippen molar-refractivity contribution in [3.05, 3.63) is 35.1 Å². The quantitative estimate of drug-likeness (QED) is 0.846. The van der Waals surface area contributed by atoms with E-state index in [0.29, 0.717) is 0 Å². The van der Waals surface area contributed by atoms with Crippen LogP contribution in [0.15, 0.2) is 24.5 Å². The molecule has 0 aliphatic heterocycles. The number of aryl methyl sites for hydroxylation is 1. The molecule has 4 heteroatoms. The average molecular weight is 220 g/mol. The zero-order valence-corrected chi connectivity index (χ0v) is 9.45. The summed E-state index contributed by atoms with van der Waals surface area (Å²) in [5.74, 6) is 0. The summed E-state index contributed by atoms with van der Waals surface area (Å²) >= 11 is 1.53. The van der Waals surface area contributed by atoms with E-state index in [1.165, 1.54) is 11.3 Å². The number of aliphatic hydroxyl groups is 1. The number of thiazole rings is 1. The van der Waals surface area contributed by atoms with Crippen molar-refractivity contribution in [3.63, 3.8) is 0 Å². The summed E-state index contributed by atoms with van der Waals surface area (Å²) in [4.78, 5) is 9.33. The van der Waals surface area contributed by atoms with Crippen LogP contribution in [0.2, 0.25) is 0 Å². The van der Waals surface area contributed by atoms with Crippen molar-refractivity contribution < 1.29 is 5.11 Å². The molecule has 78 valence electrons. The molecule has 0 bridgehead atoms. The highest BCUT2D eigenvalue weighted by atomic mass is 32.1. The van der Waals surface area contributed by atoms with Crippen LogP contribution >= 0.6 is 11.3 Å². The molecule has 0 radical (unpaired) electrons. The van der Waals surface area contributed by atoms with Gasteiger partial charge in [0.2, 0.25) is 0 Å². The third-order valence-corrected chi connectivity index (χ3v) is 3.52. The fraction of sp³-hybridized carbons (Fsp3) is 0.273. The van der Waals surface area contributed by atoms with Crippen molar-refractivity contribution in [2.45, 2.75) is 20.0 Å². The zero-order valence-electron chi connectivity index (χ0n) is 8.64. The van der Waals surface area contributed by atoms with Gasteiger partial charge in [-0.25, -0.2) is 4.98 Å². The van der Waals surface area contributed by atoms with Gasteiger partial charge in [0.15, 0.2) is 0 Å². The van der Waals surface area contributed by atoms with Crippen molar-refractivity contribution in [2.75, 3.05) is 0 Å². The maximum atomic E-state index is 9.52. The second kappa shape index (κ2) is 4.08. The van der Waals surface area contributed by atoms with E-state index in [9.17, 15) is 5.11 Å². The van der Waals surface area contributed by atoms with Gasteiger partial charge in [0, 0.05) is 18.0 Å². The molecule has 2 rings (SSSR count). The number of hydrogen-bond acceptors (Lipinski definition) is 4. The lowest BCUT2D eigenvalue weighted by Gasteiger charge is -1.98. The SMILES string of the molecule is Cc1nc(-c2ccncc2)sc1C(C)O. The summed E-state index contributed by atoms with van der Waals surface area (Å²) in [5, 5.41) is 10.5. The van der Waals surface area contributed by atoms with Crippen LogP contribution < -0.4 is 0 Å². The predicted octanol–water partition coefficient (Wildman–Crippen LogP) is 2.57. The Hall–Kier alpha value is -1.26. The highest BCUT2D eigenvalue weighted by molar-refractivity contribution is 7.15. The number of aromatic nitrogens is 2. The summed E-state index contributed by atoms with van der Waals surface area (Å²) < 4.78 is 0. The van der Waals surface area contributed by atoms with Gasteiger partial charge in [-0.2, -0.15) is 0 Å². The van der Waals surface area contributed by atoms with E-state index in [1.807, 2.05) is 19.1 Å². The van der Waals surface area contributed by atoms with Crippen LogP contribution in [0.4, 0.5) is 0 Å². The number of aliphatic hydroxyl groups excluding tert-OH is 1. The zero-order chi connectivity index (χ0) is 10.8.